The van der Waals surface area contributed by atoms with Crippen LogP contribution >= 0.6 is 24.0 Å². The first-order valence-corrected chi connectivity index (χ1v) is 7.15. The molecule has 0 aliphatic carbocycles. The molecule has 1 aliphatic rings. The lowest BCUT2D eigenvalue weighted by atomic mass is 10.1. The van der Waals surface area contributed by atoms with E-state index in [9.17, 15) is 9.59 Å². The van der Waals surface area contributed by atoms with Gasteiger partial charge in [0.15, 0.2) is 0 Å². The fraction of sp³-hybridized carbons (Fsp3) is 0.214. The minimum Gasteiger partial charge on any atom is -0.480 e. The smallest absolute Gasteiger partial charge is 0.323 e. The number of carboxylic acid groups (broad SMARTS) is 1. The van der Waals surface area contributed by atoms with Crippen molar-refractivity contribution < 1.29 is 14.7 Å². The van der Waals surface area contributed by atoms with Crippen LogP contribution in [0.2, 0.25) is 0 Å². The number of nitrogens with zero attached hydrogens (tertiary/aromatic N) is 1. The van der Waals surface area contributed by atoms with Gasteiger partial charge in [0, 0.05) is 0 Å². The summed E-state index contributed by atoms with van der Waals surface area (Å²) in [4.78, 5) is 24.4. The van der Waals surface area contributed by atoms with E-state index >= 15 is 0 Å². The second kappa shape index (κ2) is 5.76. The summed E-state index contributed by atoms with van der Waals surface area (Å²) in [5.74, 6) is -1.42. The number of hydrogen-bond donors (Lipinski definition) is 1. The van der Waals surface area contributed by atoms with Crippen LogP contribution in [0.25, 0.3) is 6.08 Å². The molecule has 1 aliphatic heterocycles. The second-order valence-corrected chi connectivity index (χ2v) is 6.20. The Morgan fingerprint density at radius 3 is 2.75 bits per heavy atom. The van der Waals surface area contributed by atoms with E-state index in [-0.39, 0.29) is 10.2 Å². The molecule has 0 spiro atoms. The van der Waals surface area contributed by atoms with E-state index in [4.69, 9.17) is 17.3 Å². The molecule has 6 heteroatoms. The summed E-state index contributed by atoms with van der Waals surface area (Å²) in [6, 6.07) is 5.94. The van der Waals surface area contributed by atoms with Gasteiger partial charge in [-0.25, -0.2) is 0 Å². The Labute approximate surface area is 126 Å². The average molecular weight is 307 g/mol. The molecule has 0 radical (unpaired) electrons. The molecule has 1 aromatic carbocycles. The number of thioether (sulfide) groups is 1. The van der Waals surface area contributed by atoms with Gasteiger partial charge in [-0.15, -0.1) is 0 Å². The maximum atomic E-state index is 12.1. The third kappa shape index (κ3) is 3.08. The molecule has 1 fully saturated rings. The Kier molecular flexibility index (Phi) is 4.25. The number of carbonyl (C=O) groups is 2. The number of aryl methyl sites for hydroxylation is 2. The maximum Gasteiger partial charge on any atom is 0.323 e. The minimum atomic E-state index is -1.07. The first-order chi connectivity index (χ1) is 9.38. The molecule has 0 bridgehead atoms. The highest BCUT2D eigenvalue weighted by atomic mass is 32.2. The van der Waals surface area contributed by atoms with Crippen molar-refractivity contribution >= 4 is 46.3 Å². The molecule has 0 aromatic heterocycles. The van der Waals surface area contributed by atoms with Gasteiger partial charge in [-0.1, -0.05) is 47.7 Å². The molecule has 4 nitrogen and oxygen atoms in total. The van der Waals surface area contributed by atoms with Crippen LogP contribution in [0.4, 0.5) is 0 Å². The topological polar surface area (TPSA) is 57.6 Å². The molecule has 1 amide bonds. The minimum absolute atomic E-state index is 0.286. The average Bonchev–Trinajstić information content (AvgIpc) is 2.60. The predicted octanol–water partition coefficient (Wildman–Crippen LogP) is 2.59. The van der Waals surface area contributed by atoms with Crippen LogP contribution in [0, 0.1) is 13.8 Å². The Hall–Kier alpha value is -1.66. The molecule has 2 rings (SSSR count). The number of thiocarbonyl (C=S) groups is 1. The molecule has 0 saturated carbocycles. The van der Waals surface area contributed by atoms with Gasteiger partial charge >= 0.3 is 5.97 Å². The van der Waals surface area contributed by atoms with Gasteiger partial charge in [-0.3, -0.25) is 14.5 Å². The van der Waals surface area contributed by atoms with Gasteiger partial charge in [0.05, 0.1) is 4.91 Å². The van der Waals surface area contributed by atoms with Gasteiger partial charge in [0.2, 0.25) is 0 Å². The fourth-order valence-electron chi connectivity index (χ4n) is 1.90. The lowest BCUT2D eigenvalue weighted by Gasteiger charge is -2.10. The van der Waals surface area contributed by atoms with E-state index < -0.39 is 12.5 Å². The van der Waals surface area contributed by atoms with Crippen LogP contribution in [0.15, 0.2) is 23.1 Å². The Morgan fingerprint density at radius 1 is 1.45 bits per heavy atom. The quantitative estimate of drug-likeness (QED) is 0.687. The molecule has 20 heavy (non-hydrogen) atoms. The molecular weight excluding hydrogens is 294 g/mol. The first-order valence-electron chi connectivity index (χ1n) is 5.93. The highest BCUT2D eigenvalue weighted by molar-refractivity contribution is 8.26. The number of rotatable bonds is 3. The summed E-state index contributed by atoms with van der Waals surface area (Å²) in [5, 5.41) is 8.78. The van der Waals surface area contributed by atoms with Crippen molar-refractivity contribution in [1.29, 1.82) is 0 Å². The van der Waals surface area contributed by atoms with Gasteiger partial charge in [0.1, 0.15) is 10.9 Å². The largest absolute Gasteiger partial charge is 0.480 e. The highest BCUT2D eigenvalue weighted by Gasteiger charge is 2.33. The van der Waals surface area contributed by atoms with E-state index in [0.29, 0.717) is 4.91 Å². The lowest BCUT2D eigenvalue weighted by Crippen LogP contribution is -2.33. The number of amides is 1. The van der Waals surface area contributed by atoms with Crippen LogP contribution in [0.3, 0.4) is 0 Å². The van der Waals surface area contributed by atoms with Crippen molar-refractivity contribution in [2.24, 2.45) is 0 Å². The van der Waals surface area contributed by atoms with Crippen LogP contribution < -0.4 is 0 Å². The molecule has 1 heterocycles. The normalized spacial score (nSPS) is 17.1. The van der Waals surface area contributed by atoms with E-state index in [1.165, 1.54) is 0 Å². The van der Waals surface area contributed by atoms with Crippen molar-refractivity contribution in [2.75, 3.05) is 6.54 Å². The Balaban J connectivity index is 2.30. The van der Waals surface area contributed by atoms with Crippen molar-refractivity contribution in [3.05, 3.63) is 39.8 Å². The number of hydrogen-bond acceptors (Lipinski definition) is 4. The number of benzene rings is 1. The zero-order valence-electron chi connectivity index (χ0n) is 11.0. The molecule has 0 atom stereocenters. The predicted molar refractivity (Wildman–Crippen MR) is 83.4 cm³/mol. The second-order valence-electron chi connectivity index (χ2n) is 4.52. The third-order valence-electron chi connectivity index (χ3n) is 2.88. The molecule has 104 valence electrons. The molecule has 1 aromatic rings. The van der Waals surface area contributed by atoms with Gasteiger partial charge < -0.3 is 5.11 Å². The molecular formula is C14H13NO3S2. The lowest BCUT2D eigenvalue weighted by molar-refractivity contribution is -0.140. The summed E-state index contributed by atoms with van der Waals surface area (Å²) in [5.41, 5.74) is 3.15. The van der Waals surface area contributed by atoms with Gasteiger partial charge in [-0.2, -0.15) is 0 Å². The number of aliphatic carboxylic acids is 1. The molecule has 0 unspecified atom stereocenters. The zero-order chi connectivity index (χ0) is 14.9. The van der Waals surface area contributed by atoms with Crippen LogP contribution in [-0.2, 0) is 9.59 Å². The van der Waals surface area contributed by atoms with Crippen molar-refractivity contribution in [1.82, 2.24) is 4.90 Å². The number of carboxylic acids is 1. The molecule has 1 saturated heterocycles. The van der Waals surface area contributed by atoms with Crippen molar-refractivity contribution in [3.8, 4) is 0 Å². The van der Waals surface area contributed by atoms with E-state index in [1.807, 2.05) is 32.0 Å². The summed E-state index contributed by atoms with van der Waals surface area (Å²) in [6.07, 6.45) is 1.76. The van der Waals surface area contributed by atoms with Crippen LogP contribution in [0.5, 0.6) is 0 Å². The standard InChI is InChI=1S/C14H13NO3S2/c1-8-3-4-10(9(2)5-8)6-11-13(18)15(7-12(16)17)14(19)20-11/h3-6H,7H2,1-2H3,(H,16,17). The highest BCUT2D eigenvalue weighted by Crippen LogP contribution is 2.32. The van der Waals surface area contributed by atoms with Gasteiger partial charge in [0.25, 0.3) is 5.91 Å². The molecule has 1 N–H and O–H groups in total. The summed E-state index contributed by atoms with van der Waals surface area (Å²) in [6.45, 7) is 3.58. The van der Waals surface area contributed by atoms with E-state index in [0.717, 1.165) is 33.4 Å². The fourth-order valence-corrected chi connectivity index (χ4v) is 3.15. The monoisotopic (exact) mass is 307 g/mol. The van der Waals surface area contributed by atoms with Crippen LogP contribution in [0.1, 0.15) is 16.7 Å². The SMILES string of the molecule is Cc1ccc(C=C2SC(=S)N(CC(=O)O)C2=O)c(C)c1. The third-order valence-corrected chi connectivity index (χ3v) is 4.26. The zero-order valence-corrected chi connectivity index (χ0v) is 12.7. The van der Waals surface area contributed by atoms with E-state index in [2.05, 4.69) is 0 Å². The van der Waals surface area contributed by atoms with Crippen LogP contribution in [-0.4, -0.2) is 32.7 Å². The van der Waals surface area contributed by atoms with E-state index in [1.54, 1.807) is 6.08 Å². The van der Waals surface area contributed by atoms with Gasteiger partial charge in [-0.05, 0) is 31.1 Å². The number of carbonyl (C=O) groups excluding carboxylic acids is 1. The summed E-state index contributed by atoms with van der Waals surface area (Å²) >= 11 is 6.18. The van der Waals surface area contributed by atoms with Crippen molar-refractivity contribution in [2.45, 2.75) is 13.8 Å². The Bertz CT molecular complexity index is 637. The maximum absolute atomic E-state index is 12.1. The van der Waals surface area contributed by atoms with Crippen molar-refractivity contribution in [3.63, 3.8) is 0 Å². The summed E-state index contributed by atoms with van der Waals surface area (Å²) in [7, 11) is 0. The first kappa shape index (κ1) is 14.7. The Morgan fingerprint density at radius 2 is 2.15 bits per heavy atom. The summed E-state index contributed by atoms with van der Waals surface area (Å²) < 4.78 is 0.286.